The molecule has 27 heavy (non-hydrogen) atoms. The van der Waals surface area contributed by atoms with E-state index < -0.39 is 0 Å². The zero-order valence-electron chi connectivity index (χ0n) is 16.5. The Morgan fingerprint density at radius 3 is 2.48 bits per heavy atom. The van der Waals surface area contributed by atoms with Gasteiger partial charge in [0.25, 0.3) is 0 Å². The molecule has 4 aliphatic rings. The molecule has 1 saturated carbocycles. The summed E-state index contributed by atoms with van der Waals surface area (Å²) < 4.78 is 11.9. The zero-order chi connectivity index (χ0) is 18.1. The molecule has 148 valence electrons. The molecule has 4 fully saturated rings. The minimum absolute atomic E-state index is 0.325. The van der Waals surface area contributed by atoms with Gasteiger partial charge in [0, 0.05) is 32.0 Å². The normalized spacial score (nSPS) is 29.7. The van der Waals surface area contributed by atoms with Crippen molar-refractivity contribution in [1.29, 1.82) is 0 Å². The lowest BCUT2D eigenvalue weighted by atomic mass is 9.80. The summed E-state index contributed by atoms with van der Waals surface area (Å²) in [5.41, 5.74) is 2.10. The number of nitrogens with one attached hydrogen (secondary N) is 1. The highest BCUT2D eigenvalue weighted by atomic mass is 16.5. The highest BCUT2D eigenvalue weighted by molar-refractivity contribution is 5.37. The largest absolute Gasteiger partial charge is 0.490 e. The van der Waals surface area contributed by atoms with Gasteiger partial charge in [-0.25, -0.2) is 0 Å². The van der Waals surface area contributed by atoms with Gasteiger partial charge in [-0.05, 0) is 68.2 Å². The fourth-order valence-electron chi connectivity index (χ4n) is 5.76. The van der Waals surface area contributed by atoms with Crippen LogP contribution >= 0.6 is 0 Å². The second-order valence-corrected chi connectivity index (χ2v) is 9.28. The summed E-state index contributed by atoms with van der Waals surface area (Å²) in [6.45, 7) is 6.70. The standard InChI is InChI=1S/C23H34N2O2/c1-2-4-22(27-20-8-13-26-14-9-20)21(3-1)18-6-11-25(12-7-18)19-5-10-23(15-19)16-24-17-23/h1-4,18-20,24H,5-17H2/t19-/m1/s1. The summed E-state index contributed by atoms with van der Waals surface area (Å²) in [5, 5.41) is 3.50. The first-order valence-electron chi connectivity index (χ1n) is 11.1. The van der Waals surface area contributed by atoms with Gasteiger partial charge >= 0.3 is 0 Å². The van der Waals surface area contributed by atoms with Gasteiger partial charge in [0.05, 0.1) is 13.2 Å². The summed E-state index contributed by atoms with van der Waals surface area (Å²) in [6, 6.07) is 9.63. The Hall–Kier alpha value is -1.10. The molecule has 0 radical (unpaired) electrons. The van der Waals surface area contributed by atoms with Gasteiger partial charge in [0.15, 0.2) is 0 Å². The maximum absolute atomic E-state index is 6.42. The molecule has 1 aliphatic carbocycles. The van der Waals surface area contributed by atoms with Gasteiger partial charge in [-0.15, -0.1) is 0 Å². The van der Waals surface area contributed by atoms with E-state index in [2.05, 4.69) is 34.5 Å². The van der Waals surface area contributed by atoms with Crippen molar-refractivity contribution in [2.24, 2.45) is 5.41 Å². The van der Waals surface area contributed by atoms with Crippen molar-refractivity contribution in [2.75, 3.05) is 39.4 Å². The average Bonchev–Trinajstić information content (AvgIpc) is 3.16. The molecule has 1 spiro atoms. The number of likely N-dealkylation sites (tertiary alicyclic amines) is 1. The highest BCUT2D eigenvalue weighted by Gasteiger charge is 2.45. The average molecular weight is 371 g/mol. The molecule has 1 aromatic carbocycles. The Bertz CT molecular complexity index is 631. The second-order valence-electron chi connectivity index (χ2n) is 9.28. The first-order valence-corrected chi connectivity index (χ1v) is 11.1. The van der Waals surface area contributed by atoms with Crippen LogP contribution in [-0.2, 0) is 4.74 Å². The smallest absolute Gasteiger partial charge is 0.123 e. The number of benzene rings is 1. The third kappa shape index (κ3) is 3.76. The van der Waals surface area contributed by atoms with Crippen molar-refractivity contribution in [1.82, 2.24) is 10.2 Å². The minimum Gasteiger partial charge on any atom is -0.490 e. The van der Waals surface area contributed by atoms with Crippen molar-refractivity contribution in [2.45, 2.75) is 63.0 Å². The van der Waals surface area contributed by atoms with Crippen molar-refractivity contribution in [3.8, 4) is 5.75 Å². The molecular weight excluding hydrogens is 336 g/mol. The summed E-state index contributed by atoms with van der Waals surface area (Å²) >= 11 is 0. The van der Waals surface area contributed by atoms with Crippen LogP contribution in [0.25, 0.3) is 0 Å². The third-order valence-corrected chi connectivity index (χ3v) is 7.54. The summed E-state index contributed by atoms with van der Waals surface area (Å²) in [6.07, 6.45) is 9.18. The summed E-state index contributed by atoms with van der Waals surface area (Å²) in [7, 11) is 0. The van der Waals surface area contributed by atoms with Crippen molar-refractivity contribution in [3.05, 3.63) is 29.8 Å². The Morgan fingerprint density at radius 2 is 1.78 bits per heavy atom. The van der Waals surface area contributed by atoms with E-state index in [1.807, 2.05) is 0 Å². The minimum atomic E-state index is 0.325. The van der Waals surface area contributed by atoms with Crippen molar-refractivity contribution in [3.63, 3.8) is 0 Å². The van der Waals surface area contributed by atoms with E-state index in [1.54, 1.807) is 0 Å². The van der Waals surface area contributed by atoms with Crippen molar-refractivity contribution >= 4 is 0 Å². The number of ether oxygens (including phenoxy) is 2. The van der Waals surface area contributed by atoms with Crippen LogP contribution in [0.4, 0.5) is 0 Å². The van der Waals surface area contributed by atoms with Gasteiger partial charge in [0.1, 0.15) is 11.9 Å². The molecule has 0 aromatic heterocycles. The molecule has 1 atom stereocenters. The Kier molecular flexibility index (Phi) is 5.14. The third-order valence-electron chi connectivity index (χ3n) is 7.54. The van der Waals surface area contributed by atoms with Crippen molar-refractivity contribution < 1.29 is 9.47 Å². The molecular formula is C23H34N2O2. The van der Waals surface area contributed by atoms with E-state index in [-0.39, 0.29) is 0 Å². The maximum Gasteiger partial charge on any atom is 0.123 e. The van der Waals surface area contributed by atoms with Crippen LogP contribution in [0.1, 0.15) is 56.4 Å². The Labute approximate surface area is 163 Å². The SMILES string of the molecule is c1ccc(C2CCN([C@@H]3CCC4(CNC4)C3)CC2)c(OC2CCOCC2)c1. The number of para-hydroxylation sites is 1. The molecule has 3 saturated heterocycles. The second kappa shape index (κ2) is 7.73. The van der Waals surface area contributed by atoms with E-state index in [4.69, 9.17) is 9.47 Å². The first-order chi connectivity index (χ1) is 13.3. The Morgan fingerprint density at radius 1 is 1.00 bits per heavy atom. The maximum atomic E-state index is 6.42. The lowest BCUT2D eigenvalue weighted by Crippen LogP contribution is -2.52. The molecule has 0 unspecified atom stereocenters. The first kappa shape index (κ1) is 18.0. The van der Waals surface area contributed by atoms with E-state index in [9.17, 15) is 0 Å². The molecule has 0 amide bonds. The van der Waals surface area contributed by atoms with Gasteiger partial charge in [0.2, 0.25) is 0 Å². The van der Waals surface area contributed by atoms with Gasteiger partial charge < -0.3 is 19.7 Å². The Balaban J connectivity index is 1.19. The molecule has 0 bridgehead atoms. The lowest BCUT2D eigenvalue weighted by Gasteiger charge is -2.41. The van der Waals surface area contributed by atoms with E-state index in [0.29, 0.717) is 17.4 Å². The fraction of sp³-hybridized carbons (Fsp3) is 0.739. The van der Waals surface area contributed by atoms with Gasteiger partial charge in [-0.3, -0.25) is 0 Å². The van der Waals surface area contributed by atoms with Crippen LogP contribution in [0.15, 0.2) is 24.3 Å². The monoisotopic (exact) mass is 370 g/mol. The van der Waals surface area contributed by atoms with Gasteiger partial charge in [-0.1, -0.05) is 18.2 Å². The topological polar surface area (TPSA) is 33.7 Å². The van der Waals surface area contributed by atoms with Crippen LogP contribution in [0.5, 0.6) is 5.75 Å². The number of nitrogens with zero attached hydrogens (tertiary/aromatic N) is 1. The highest BCUT2D eigenvalue weighted by Crippen LogP contribution is 2.44. The number of rotatable bonds is 4. The predicted octanol–water partition coefficient (Wildman–Crippen LogP) is 3.57. The molecule has 4 heteroatoms. The fourth-order valence-corrected chi connectivity index (χ4v) is 5.76. The van der Waals surface area contributed by atoms with E-state index in [1.165, 1.54) is 63.8 Å². The van der Waals surface area contributed by atoms with E-state index in [0.717, 1.165) is 37.8 Å². The number of piperidine rings is 1. The molecule has 1 N–H and O–H groups in total. The zero-order valence-corrected chi connectivity index (χ0v) is 16.5. The number of hydrogen-bond donors (Lipinski definition) is 1. The van der Waals surface area contributed by atoms with Crippen LogP contribution in [0.2, 0.25) is 0 Å². The predicted molar refractivity (Wildman–Crippen MR) is 107 cm³/mol. The molecule has 1 aromatic rings. The quantitative estimate of drug-likeness (QED) is 0.879. The summed E-state index contributed by atoms with van der Waals surface area (Å²) in [5.74, 6) is 1.78. The van der Waals surface area contributed by atoms with Crippen LogP contribution in [-0.4, -0.2) is 56.4 Å². The molecule has 3 aliphatic heterocycles. The molecule has 4 nitrogen and oxygen atoms in total. The molecule has 3 heterocycles. The van der Waals surface area contributed by atoms with Gasteiger partial charge in [-0.2, -0.15) is 0 Å². The molecule has 5 rings (SSSR count). The van der Waals surface area contributed by atoms with Crippen LogP contribution < -0.4 is 10.1 Å². The van der Waals surface area contributed by atoms with Crippen LogP contribution in [0.3, 0.4) is 0 Å². The number of hydrogen-bond acceptors (Lipinski definition) is 4. The van der Waals surface area contributed by atoms with Crippen LogP contribution in [0, 0.1) is 5.41 Å². The van der Waals surface area contributed by atoms with E-state index >= 15 is 0 Å². The lowest BCUT2D eigenvalue weighted by molar-refractivity contribution is 0.0248. The summed E-state index contributed by atoms with van der Waals surface area (Å²) in [4.78, 5) is 2.80.